The molecule has 1 rings (SSSR count). The van der Waals surface area contributed by atoms with Crippen LogP contribution in [0.4, 0.5) is 0 Å². The van der Waals surface area contributed by atoms with E-state index in [1.165, 1.54) is 0 Å². The average molecular weight is 278 g/mol. The number of carbonyl (C=O) groups is 2. The molecule has 2 amide bonds. The highest BCUT2D eigenvalue weighted by Gasteiger charge is 2.26. The number of rotatable bonds is 7. The Morgan fingerprint density at radius 3 is 2.45 bits per heavy atom. The molecule has 0 spiro atoms. The van der Waals surface area contributed by atoms with Crippen molar-refractivity contribution in [3.05, 3.63) is 35.9 Å². The molecule has 0 aliphatic carbocycles. The molecule has 110 valence electrons. The molecule has 3 N–H and O–H groups in total. The van der Waals surface area contributed by atoms with Gasteiger partial charge in [0.05, 0.1) is 12.0 Å². The lowest BCUT2D eigenvalue weighted by Gasteiger charge is -2.22. The van der Waals surface area contributed by atoms with Crippen molar-refractivity contribution in [3.63, 3.8) is 0 Å². The first-order chi connectivity index (χ1) is 9.33. The zero-order valence-corrected chi connectivity index (χ0v) is 12.2. The Balaban J connectivity index is 2.38. The molecule has 0 saturated heterocycles. The largest absolute Gasteiger partial charge is 0.369 e. The van der Waals surface area contributed by atoms with E-state index in [2.05, 4.69) is 5.32 Å². The van der Waals surface area contributed by atoms with Gasteiger partial charge in [0.2, 0.25) is 11.8 Å². The van der Waals surface area contributed by atoms with Crippen molar-refractivity contribution in [2.75, 3.05) is 6.54 Å². The summed E-state index contributed by atoms with van der Waals surface area (Å²) in [6.45, 7) is 5.61. The molecule has 0 fully saturated rings. The summed E-state index contributed by atoms with van der Waals surface area (Å²) in [5.41, 5.74) is 5.48. The summed E-state index contributed by atoms with van der Waals surface area (Å²) in [6, 6.07) is 9.62. The quantitative estimate of drug-likeness (QED) is 0.787. The highest BCUT2D eigenvalue weighted by molar-refractivity contribution is 5.83. The van der Waals surface area contributed by atoms with Crippen LogP contribution in [0, 0.1) is 5.41 Å². The molecule has 1 atom stereocenters. The van der Waals surface area contributed by atoms with E-state index >= 15 is 0 Å². The van der Waals surface area contributed by atoms with E-state index in [0.29, 0.717) is 6.61 Å². The van der Waals surface area contributed by atoms with Gasteiger partial charge in [-0.2, -0.15) is 0 Å². The van der Waals surface area contributed by atoms with E-state index in [0.717, 1.165) is 5.56 Å². The van der Waals surface area contributed by atoms with Crippen molar-refractivity contribution in [3.8, 4) is 0 Å². The number of benzene rings is 1. The second-order valence-electron chi connectivity index (χ2n) is 5.40. The zero-order chi connectivity index (χ0) is 15.2. The van der Waals surface area contributed by atoms with Gasteiger partial charge in [0.15, 0.2) is 0 Å². The number of ether oxygens (including phenoxy) is 1. The Labute approximate surface area is 119 Å². The van der Waals surface area contributed by atoms with Crippen LogP contribution in [-0.2, 0) is 20.9 Å². The maximum absolute atomic E-state index is 11.8. The molecule has 1 aromatic carbocycles. The molecule has 0 bridgehead atoms. The molecule has 0 saturated carbocycles. The van der Waals surface area contributed by atoms with Crippen LogP contribution in [0.1, 0.15) is 26.3 Å². The third-order valence-electron chi connectivity index (χ3n) is 3.08. The Morgan fingerprint density at radius 2 is 1.90 bits per heavy atom. The minimum atomic E-state index is -0.769. The van der Waals surface area contributed by atoms with E-state index in [1.54, 1.807) is 20.8 Å². The van der Waals surface area contributed by atoms with Gasteiger partial charge in [0.1, 0.15) is 6.10 Å². The molecule has 0 unspecified atom stereocenters. The molecule has 5 heteroatoms. The fraction of sp³-hybridized carbons (Fsp3) is 0.467. The van der Waals surface area contributed by atoms with Crippen LogP contribution < -0.4 is 11.1 Å². The first-order valence-corrected chi connectivity index (χ1v) is 6.56. The Hall–Kier alpha value is -1.88. The summed E-state index contributed by atoms with van der Waals surface area (Å²) < 4.78 is 5.49. The summed E-state index contributed by atoms with van der Waals surface area (Å²) >= 11 is 0. The van der Waals surface area contributed by atoms with E-state index < -0.39 is 17.4 Å². The van der Waals surface area contributed by atoms with Gasteiger partial charge < -0.3 is 15.8 Å². The monoisotopic (exact) mass is 278 g/mol. The number of amides is 2. The van der Waals surface area contributed by atoms with Gasteiger partial charge >= 0.3 is 0 Å². The van der Waals surface area contributed by atoms with Gasteiger partial charge in [-0.25, -0.2) is 0 Å². The van der Waals surface area contributed by atoms with Crippen LogP contribution in [-0.4, -0.2) is 24.5 Å². The number of nitrogens with two attached hydrogens (primary N) is 1. The summed E-state index contributed by atoms with van der Waals surface area (Å²) in [4.78, 5) is 23.0. The number of carbonyl (C=O) groups excluding carboxylic acids is 2. The van der Waals surface area contributed by atoms with Crippen LogP contribution >= 0.6 is 0 Å². The molecular weight excluding hydrogens is 256 g/mol. The predicted molar refractivity (Wildman–Crippen MR) is 76.7 cm³/mol. The second kappa shape index (κ2) is 7.05. The molecule has 5 nitrogen and oxygen atoms in total. The predicted octanol–water partition coefficient (Wildman–Crippen LogP) is 1.22. The molecule has 1 aromatic rings. The number of nitrogens with one attached hydrogen (secondary N) is 1. The lowest BCUT2D eigenvalue weighted by Crippen LogP contribution is -2.45. The minimum Gasteiger partial charge on any atom is -0.369 e. The standard InChI is InChI=1S/C15H22N2O3/c1-11(20-9-12-7-5-4-6-8-12)13(18)17-10-15(2,3)14(16)19/h4-8,11H,9-10H2,1-3H3,(H2,16,19)(H,17,18)/t11-/m0/s1. The van der Waals surface area contributed by atoms with Crippen molar-refractivity contribution in [2.45, 2.75) is 33.5 Å². The SMILES string of the molecule is C[C@H](OCc1ccccc1)C(=O)NCC(C)(C)C(N)=O. The summed E-state index contributed by atoms with van der Waals surface area (Å²) in [7, 11) is 0. The molecule has 0 aliphatic heterocycles. The maximum Gasteiger partial charge on any atom is 0.248 e. The van der Waals surface area contributed by atoms with Crippen LogP contribution in [0.5, 0.6) is 0 Å². The molecule has 20 heavy (non-hydrogen) atoms. The van der Waals surface area contributed by atoms with Crippen molar-refractivity contribution in [2.24, 2.45) is 11.1 Å². The van der Waals surface area contributed by atoms with E-state index in [1.807, 2.05) is 30.3 Å². The number of hydrogen-bond donors (Lipinski definition) is 2. The van der Waals surface area contributed by atoms with E-state index in [-0.39, 0.29) is 12.5 Å². The smallest absolute Gasteiger partial charge is 0.248 e. The molecule has 0 aliphatic rings. The Bertz CT molecular complexity index is 457. The highest BCUT2D eigenvalue weighted by atomic mass is 16.5. The van der Waals surface area contributed by atoms with E-state index in [4.69, 9.17) is 10.5 Å². The van der Waals surface area contributed by atoms with E-state index in [9.17, 15) is 9.59 Å². The molecule has 0 aromatic heterocycles. The van der Waals surface area contributed by atoms with Gasteiger partial charge in [-0.15, -0.1) is 0 Å². The van der Waals surface area contributed by atoms with Crippen molar-refractivity contribution >= 4 is 11.8 Å². The fourth-order valence-electron chi connectivity index (χ4n) is 1.41. The zero-order valence-electron chi connectivity index (χ0n) is 12.2. The lowest BCUT2D eigenvalue weighted by atomic mass is 9.93. The average Bonchev–Trinajstić information content (AvgIpc) is 2.43. The number of hydrogen-bond acceptors (Lipinski definition) is 3. The van der Waals surface area contributed by atoms with Crippen molar-refractivity contribution in [1.82, 2.24) is 5.32 Å². The second-order valence-corrected chi connectivity index (χ2v) is 5.40. The minimum absolute atomic E-state index is 0.195. The highest BCUT2D eigenvalue weighted by Crippen LogP contribution is 2.12. The van der Waals surface area contributed by atoms with Crippen molar-refractivity contribution in [1.29, 1.82) is 0 Å². The summed E-state index contributed by atoms with van der Waals surface area (Å²) in [6.07, 6.45) is -0.584. The van der Waals surface area contributed by atoms with Crippen LogP contribution in [0.15, 0.2) is 30.3 Å². The normalized spacial score (nSPS) is 12.8. The van der Waals surface area contributed by atoms with Crippen LogP contribution in [0.25, 0.3) is 0 Å². The van der Waals surface area contributed by atoms with Gasteiger partial charge in [0.25, 0.3) is 0 Å². The summed E-state index contributed by atoms with van der Waals surface area (Å²) in [5.74, 6) is -0.703. The fourth-order valence-corrected chi connectivity index (χ4v) is 1.41. The van der Waals surface area contributed by atoms with Gasteiger partial charge in [0, 0.05) is 6.54 Å². The number of primary amides is 1. The van der Waals surface area contributed by atoms with Gasteiger partial charge in [-0.1, -0.05) is 30.3 Å². The topological polar surface area (TPSA) is 81.4 Å². The first-order valence-electron chi connectivity index (χ1n) is 6.56. The van der Waals surface area contributed by atoms with Crippen molar-refractivity contribution < 1.29 is 14.3 Å². The molecule has 0 radical (unpaired) electrons. The lowest BCUT2D eigenvalue weighted by molar-refractivity contribution is -0.133. The molecular formula is C15H22N2O3. The summed E-state index contributed by atoms with van der Waals surface area (Å²) in [5, 5.41) is 2.68. The van der Waals surface area contributed by atoms with Crippen LogP contribution in [0.3, 0.4) is 0 Å². The maximum atomic E-state index is 11.8. The third-order valence-corrected chi connectivity index (χ3v) is 3.08. The van der Waals surface area contributed by atoms with Crippen LogP contribution in [0.2, 0.25) is 0 Å². The Morgan fingerprint density at radius 1 is 1.30 bits per heavy atom. The van der Waals surface area contributed by atoms with Gasteiger partial charge in [-0.05, 0) is 26.3 Å². The van der Waals surface area contributed by atoms with Gasteiger partial charge in [-0.3, -0.25) is 9.59 Å². The first kappa shape index (κ1) is 16.2. The molecule has 0 heterocycles. The third kappa shape index (κ3) is 5.01. The Kier molecular flexibility index (Phi) is 5.70.